The number of aromatic amines is 1. The molecule has 3 aromatic heterocycles. The van der Waals surface area contributed by atoms with E-state index in [0.29, 0.717) is 11.7 Å². The molecule has 3 heterocycles. The minimum Gasteiger partial charge on any atom is -0.261 e. The minimum absolute atomic E-state index is 0.277. The normalized spacial score (nSPS) is 14.4. The van der Waals surface area contributed by atoms with Crippen LogP contribution in [0.2, 0.25) is 0 Å². The molecule has 0 saturated carbocycles. The van der Waals surface area contributed by atoms with Crippen LogP contribution in [0.3, 0.4) is 0 Å². The number of pyridine rings is 2. The molecule has 6 heteroatoms. The van der Waals surface area contributed by atoms with Gasteiger partial charge in [-0.25, -0.2) is 5.10 Å². The predicted molar refractivity (Wildman–Crippen MR) is 110 cm³/mol. The molecule has 0 atom stereocenters. The third-order valence-corrected chi connectivity index (χ3v) is 5.54. The topological polar surface area (TPSA) is 80.2 Å². The summed E-state index contributed by atoms with van der Waals surface area (Å²) in [5, 5.41) is 15.0. The van der Waals surface area contributed by atoms with Crippen molar-refractivity contribution in [1.82, 2.24) is 30.6 Å². The predicted octanol–water partition coefficient (Wildman–Crippen LogP) is 4.84. The second-order valence-electron chi connectivity index (χ2n) is 8.26. The summed E-state index contributed by atoms with van der Waals surface area (Å²) in [6.07, 6.45) is 7.65. The average Bonchev–Trinajstić information content (AvgIpc) is 3.11. The molecular weight excluding hydrogens is 348 g/mol. The summed E-state index contributed by atoms with van der Waals surface area (Å²) in [5.41, 5.74) is 8.23. The first-order valence-electron chi connectivity index (χ1n) is 10.3. The smallest absolute Gasteiger partial charge is 0.181 e. The highest BCUT2D eigenvalue weighted by Gasteiger charge is 2.26. The molecule has 0 radical (unpaired) electrons. The van der Waals surface area contributed by atoms with Crippen LogP contribution in [0.4, 0.5) is 0 Å². The fourth-order valence-corrected chi connectivity index (χ4v) is 4.10. The Labute approximate surface area is 166 Å². The van der Waals surface area contributed by atoms with Crippen LogP contribution in [0.25, 0.3) is 22.5 Å². The lowest BCUT2D eigenvalue weighted by atomic mass is 9.87. The van der Waals surface area contributed by atoms with E-state index in [1.54, 1.807) is 0 Å². The monoisotopic (exact) mass is 376 g/mol. The molecule has 0 bridgehead atoms. The molecule has 0 saturated heterocycles. The molecule has 3 aromatic rings. The van der Waals surface area contributed by atoms with Crippen molar-refractivity contribution in [3.05, 3.63) is 41.0 Å². The lowest BCUT2D eigenvalue weighted by molar-refractivity contribution is 0.706. The third-order valence-electron chi connectivity index (χ3n) is 5.54. The molecule has 0 spiro atoms. The highest BCUT2D eigenvalue weighted by molar-refractivity contribution is 5.85. The van der Waals surface area contributed by atoms with E-state index in [0.717, 1.165) is 29.8 Å². The van der Waals surface area contributed by atoms with Gasteiger partial charge in [0.1, 0.15) is 0 Å². The van der Waals surface area contributed by atoms with E-state index >= 15 is 0 Å². The van der Waals surface area contributed by atoms with Crippen LogP contribution in [0.5, 0.6) is 0 Å². The van der Waals surface area contributed by atoms with E-state index in [2.05, 4.69) is 65.4 Å². The highest BCUT2D eigenvalue weighted by Crippen LogP contribution is 2.41. The number of H-pyrrole nitrogens is 1. The Hall–Kier alpha value is -2.63. The maximum Gasteiger partial charge on any atom is 0.181 e. The molecule has 1 aliphatic rings. The van der Waals surface area contributed by atoms with Crippen LogP contribution in [0.1, 0.15) is 81.4 Å². The zero-order valence-electron chi connectivity index (χ0n) is 17.2. The lowest BCUT2D eigenvalue weighted by Crippen LogP contribution is -2.09. The molecule has 0 unspecified atom stereocenters. The molecule has 1 aliphatic carbocycles. The first-order chi connectivity index (χ1) is 13.6. The van der Waals surface area contributed by atoms with E-state index in [1.807, 2.05) is 6.20 Å². The van der Waals surface area contributed by atoms with E-state index in [-0.39, 0.29) is 5.92 Å². The van der Waals surface area contributed by atoms with Crippen molar-refractivity contribution in [2.24, 2.45) is 0 Å². The van der Waals surface area contributed by atoms with Crippen LogP contribution >= 0.6 is 0 Å². The van der Waals surface area contributed by atoms with E-state index in [9.17, 15) is 0 Å². The molecule has 4 rings (SSSR count). The Bertz CT molecular complexity index is 959. The Morgan fingerprint density at radius 1 is 0.964 bits per heavy atom. The van der Waals surface area contributed by atoms with Gasteiger partial charge in [-0.2, -0.15) is 0 Å². The van der Waals surface area contributed by atoms with Crippen molar-refractivity contribution >= 4 is 0 Å². The van der Waals surface area contributed by atoms with Crippen LogP contribution < -0.4 is 0 Å². The van der Waals surface area contributed by atoms with Gasteiger partial charge in [-0.1, -0.05) is 34.1 Å². The van der Waals surface area contributed by atoms with E-state index < -0.39 is 0 Å². The minimum atomic E-state index is 0.277. The van der Waals surface area contributed by atoms with Crippen LogP contribution in [-0.4, -0.2) is 30.6 Å². The van der Waals surface area contributed by atoms with Gasteiger partial charge in [0, 0.05) is 17.6 Å². The molecule has 0 aliphatic heterocycles. The van der Waals surface area contributed by atoms with Gasteiger partial charge in [0.25, 0.3) is 0 Å². The largest absolute Gasteiger partial charge is 0.261 e. The van der Waals surface area contributed by atoms with Crippen molar-refractivity contribution in [2.45, 2.75) is 71.6 Å². The van der Waals surface area contributed by atoms with Gasteiger partial charge in [0.05, 0.1) is 11.3 Å². The van der Waals surface area contributed by atoms with Crippen molar-refractivity contribution in [3.8, 4) is 22.5 Å². The SMILES string of the molecule is CC(C)c1cc(-c2c3c(nc(C(C)C)c2-c2nnn[nH]2)CCCCC3)ccn1. The average molecular weight is 377 g/mol. The molecular formula is C22H28N6. The van der Waals surface area contributed by atoms with Gasteiger partial charge >= 0.3 is 0 Å². The van der Waals surface area contributed by atoms with Crippen LogP contribution in [0.15, 0.2) is 18.3 Å². The number of nitrogens with one attached hydrogen (secondary N) is 1. The molecule has 1 N–H and O–H groups in total. The van der Waals surface area contributed by atoms with Gasteiger partial charge in [0.15, 0.2) is 5.82 Å². The Morgan fingerprint density at radius 2 is 1.79 bits per heavy atom. The van der Waals surface area contributed by atoms with Crippen molar-refractivity contribution < 1.29 is 0 Å². The quantitative estimate of drug-likeness (QED) is 0.659. The number of hydrogen-bond acceptors (Lipinski definition) is 5. The van der Waals surface area contributed by atoms with Gasteiger partial charge in [0.2, 0.25) is 0 Å². The number of nitrogens with zero attached hydrogens (tertiary/aromatic N) is 5. The zero-order chi connectivity index (χ0) is 19.7. The molecule has 28 heavy (non-hydrogen) atoms. The van der Waals surface area contributed by atoms with Crippen molar-refractivity contribution in [3.63, 3.8) is 0 Å². The van der Waals surface area contributed by atoms with Crippen LogP contribution in [0, 0.1) is 0 Å². The van der Waals surface area contributed by atoms with Gasteiger partial charge in [-0.05, 0) is 76.8 Å². The van der Waals surface area contributed by atoms with E-state index in [4.69, 9.17) is 4.98 Å². The maximum atomic E-state index is 5.14. The van der Waals surface area contributed by atoms with Crippen molar-refractivity contribution in [2.75, 3.05) is 0 Å². The first kappa shape index (κ1) is 18.7. The van der Waals surface area contributed by atoms with Crippen molar-refractivity contribution in [1.29, 1.82) is 0 Å². The van der Waals surface area contributed by atoms with E-state index in [1.165, 1.54) is 41.6 Å². The zero-order valence-corrected chi connectivity index (χ0v) is 17.2. The summed E-state index contributed by atoms with van der Waals surface area (Å²) in [6, 6.07) is 4.34. The lowest BCUT2D eigenvalue weighted by Gasteiger charge is -2.21. The summed E-state index contributed by atoms with van der Waals surface area (Å²) in [6.45, 7) is 8.74. The number of aryl methyl sites for hydroxylation is 1. The highest BCUT2D eigenvalue weighted by atomic mass is 15.5. The Kier molecular flexibility index (Phi) is 5.20. The number of fused-ring (bicyclic) bond motifs is 1. The summed E-state index contributed by atoms with van der Waals surface area (Å²) in [7, 11) is 0. The van der Waals surface area contributed by atoms with Gasteiger partial charge < -0.3 is 0 Å². The number of rotatable bonds is 4. The van der Waals surface area contributed by atoms with Gasteiger partial charge in [-0.15, -0.1) is 5.10 Å². The molecule has 0 aromatic carbocycles. The standard InChI is InChI=1S/C22H28N6/c1-13(2)18-12-15(10-11-23-18)19-16-8-6-5-7-9-17(16)24-21(14(3)4)20(19)22-25-27-28-26-22/h10-14H,5-9H2,1-4H3,(H,25,26,27,28). The summed E-state index contributed by atoms with van der Waals surface area (Å²) >= 11 is 0. The summed E-state index contributed by atoms with van der Waals surface area (Å²) < 4.78 is 0. The fourth-order valence-electron chi connectivity index (χ4n) is 4.10. The number of aromatic nitrogens is 6. The number of tetrazole rings is 1. The number of hydrogen-bond donors (Lipinski definition) is 1. The first-order valence-corrected chi connectivity index (χ1v) is 10.3. The fraction of sp³-hybridized carbons (Fsp3) is 0.500. The molecule has 146 valence electrons. The molecule has 6 nitrogen and oxygen atoms in total. The molecule has 0 fully saturated rings. The summed E-state index contributed by atoms with van der Waals surface area (Å²) in [4.78, 5) is 9.72. The Morgan fingerprint density at radius 3 is 2.50 bits per heavy atom. The Balaban J connectivity index is 2.07. The molecule has 0 amide bonds. The maximum absolute atomic E-state index is 5.14. The third kappa shape index (κ3) is 3.43. The second kappa shape index (κ2) is 7.78. The summed E-state index contributed by atoms with van der Waals surface area (Å²) in [5.74, 6) is 1.35. The van der Waals surface area contributed by atoms with Gasteiger partial charge in [-0.3, -0.25) is 9.97 Å². The van der Waals surface area contributed by atoms with Crippen LogP contribution in [-0.2, 0) is 12.8 Å². The second-order valence-corrected chi connectivity index (χ2v) is 8.26.